The first-order valence-corrected chi connectivity index (χ1v) is 29.9. The second-order valence-corrected chi connectivity index (χ2v) is 22.1. The van der Waals surface area contributed by atoms with E-state index in [2.05, 4.69) is 29.8 Å². The molecule has 0 saturated heterocycles. The molecule has 4 amide bonds. The predicted octanol–water partition coefficient (Wildman–Crippen LogP) is 4.58. The molecule has 0 aromatic rings. The highest BCUT2D eigenvalue weighted by atomic mass is 16.5. The van der Waals surface area contributed by atoms with Gasteiger partial charge in [-0.25, -0.2) is 4.79 Å². The molecule has 20 heteroatoms. The SMILES string of the molecule is CCCCCCCCCCCCCCOC(=O)CC[C@H](NC(=O)CCC(=O)N(CCCNC(=O)C1(O)C[C@@H](O)C(O)[C@H](O)C1)CCCNC(=O)C1(O)C[C@@H](O)C(O)[C@H](O)C1)C(=O)OCCCCCCCCCCCCCC. The Morgan fingerprint density at radius 2 is 0.831 bits per heavy atom. The lowest BCUT2D eigenvalue weighted by Gasteiger charge is -2.39. The Kier molecular flexibility index (Phi) is 36.7. The van der Waals surface area contributed by atoms with Crippen molar-refractivity contribution < 1.29 is 79.1 Å². The minimum absolute atomic E-state index is 0.0206. The molecule has 2 saturated carbocycles. The van der Waals surface area contributed by atoms with Gasteiger partial charge in [0.2, 0.25) is 11.8 Å². The number of nitrogens with zero attached hydrogens (tertiary/aromatic N) is 1. The maximum atomic E-state index is 13.7. The lowest BCUT2D eigenvalue weighted by molar-refractivity contribution is -0.172. The summed E-state index contributed by atoms with van der Waals surface area (Å²) in [5.41, 5.74) is -4.32. The van der Waals surface area contributed by atoms with Crippen LogP contribution in [0, 0.1) is 0 Å². The van der Waals surface area contributed by atoms with Gasteiger partial charge in [0.15, 0.2) is 0 Å². The van der Waals surface area contributed by atoms with Crippen LogP contribution in [-0.4, -0.2) is 175 Å². The molecule has 5 atom stereocenters. The van der Waals surface area contributed by atoms with Gasteiger partial charge in [0.25, 0.3) is 11.8 Å². The van der Waals surface area contributed by atoms with Gasteiger partial charge in [0.1, 0.15) is 29.5 Å². The molecule has 11 N–H and O–H groups in total. The van der Waals surface area contributed by atoms with Gasteiger partial charge >= 0.3 is 11.9 Å². The van der Waals surface area contributed by atoms with Crippen molar-refractivity contribution in [3.63, 3.8) is 0 Å². The summed E-state index contributed by atoms with van der Waals surface area (Å²) in [4.78, 5) is 80.7. The number of hydrogen-bond acceptors (Lipinski definition) is 16. The number of nitrogens with one attached hydrogen (secondary N) is 3. The van der Waals surface area contributed by atoms with Crippen LogP contribution >= 0.6 is 0 Å². The van der Waals surface area contributed by atoms with Crippen LogP contribution in [0.2, 0.25) is 0 Å². The van der Waals surface area contributed by atoms with Crippen molar-refractivity contribution in [3.05, 3.63) is 0 Å². The predicted molar refractivity (Wildman–Crippen MR) is 291 cm³/mol. The lowest BCUT2D eigenvalue weighted by Crippen LogP contribution is -2.59. The Morgan fingerprint density at radius 3 is 1.21 bits per heavy atom. The van der Waals surface area contributed by atoms with E-state index < -0.39 is 115 Å². The van der Waals surface area contributed by atoms with Crippen molar-refractivity contribution >= 4 is 35.6 Å². The van der Waals surface area contributed by atoms with Gasteiger partial charge < -0.3 is 71.2 Å². The first-order valence-electron chi connectivity index (χ1n) is 29.9. The number of carbonyl (C=O) groups is 6. The maximum absolute atomic E-state index is 13.7. The van der Waals surface area contributed by atoms with Crippen LogP contribution in [0.15, 0.2) is 0 Å². The number of rotatable bonds is 44. The van der Waals surface area contributed by atoms with Gasteiger partial charge in [-0.05, 0) is 32.1 Å². The highest BCUT2D eigenvalue weighted by Crippen LogP contribution is 2.31. The second-order valence-electron chi connectivity index (χ2n) is 22.1. The van der Waals surface area contributed by atoms with Gasteiger partial charge in [-0.2, -0.15) is 0 Å². The van der Waals surface area contributed by atoms with Crippen molar-refractivity contribution in [3.8, 4) is 0 Å². The van der Waals surface area contributed by atoms with Gasteiger partial charge in [-0.15, -0.1) is 0 Å². The average molecular weight is 1100 g/mol. The van der Waals surface area contributed by atoms with E-state index in [4.69, 9.17) is 9.47 Å². The van der Waals surface area contributed by atoms with Crippen LogP contribution in [0.3, 0.4) is 0 Å². The number of ether oxygens (including phenoxy) is 2. The van der Waals surface area contributed by atoms with Crippen LogP contribution in [-0.2, 0) is 38.2 Å². The smallest absolute Gasteiger partial charge is 0.328 e. The van der Waals surface area contributed by atoms with Crippen molar-refractivity contribution in [1.29, 1.82) is 0 Å². The fourth-order valence-corrected chi connectivity index (χ4v) is 10.1. The number of aliphatic hydroxyl groups excluding tert-OH is 6. The Labute approximate surface area is 459 Å². The van der Waals surface area contributed by atoms with E-state index in [0.717, 1.165) is 44.9 Å². The third-order valence-corrected chi connectivity index (χ3v) is 15.1. The topological polar surface area (TPSA) is 322 Å². The summed E-state index contributed by atoms with van der Waals surface area (Å²) in [7, 11) is 0. The van der Waals surface area contributed by atoms with Crippen LogP contribution in [0.4, 0.5) is 0 Å². The first-order chi connectivity index (χ1) is 36.9. The first kappa shape index (κ1) is 69.6. The number of amides is 4. The van der Waals surface area contributed by atoms with E-state index in [-0.39, 0.29) is 77.9 Å². The Hall–Kier alpha value is -3.50. The zero-order valence-corrected chi connectivity index (χ0v) is 47.1. The summed E-state index contributed by atoms with van der Waals surface area (Å²) >= 11 is 0. The van der Waals surface area contributed by atoms with Crippen molar-refractivity contribution in [2.75, 3.05) is 39.4 Å². The van der Waals surface area contributed by atoms with Crippen LogP contribution in [0.1, 0.15) is 232 Å². The molecular weight excluding hydrogens is 997 g/mol. The molecule has 0 aromatic carbocycles. The minimum atomic E-state index is -2.16. The highest BCUT2D eigenvalue weighted by molar-refractivity contribution is 5.88. The number of aliphatic hydroxyl groups is 8. The van der Waals surface area contributed by atoms with E-state index >= 15 is 0 Å². The van der Waals surface area contributed by atoms with Gasteiger partial charge in [0, 0.05) is 71.1 Å². The minimum Gasteiger partial charge on any atom is -0.466 e. The second kappa shape index (κ2) is 40.6. The third-order valence-electron chi connectivity index (χ3n) is 15.1. The molecule has 2 aliphatic carbocycles. The summed E-state index contributed by atoms with van der Waals surface area (Å²) < 4.78 is 11.1. The molecule has 0 spiro atoms. The molecule has 20 nitrogen and oxygen atoms in total. The van der Waals surface area contributed by atoms with Gasteiger partial charge in [-0.1, -0.05) is 155 Å². The summed E-state index contributed by atoms with van der Waals surface area (Å²) in [6, 6.07) is -1.17. The maximum Gasteiger partial charge on any atom is 0.328 e. The molecule has 448 valence electrons. The highest BCUT2D eigenvalue weighted by Gasteiger charge is 2.49. The zero-order valence-electron chi connectivity index (χ0n) is 47.1. The number of esters is 2. The van der Waals surface area contributed by atoms with E-state index in [1.807, 2.05) is 0 Å². The largest absolute Gasteiger partial charge is 0.466 e. The summed E-state index contributed by atoms with van der Waals surface area (Å²) in [6.45, 7) is 4.76. The average Bonchev–Trinajstić information content (AvgIpc) is 3.39. The molecule has 2 rings (SSSR count). The van der Waals surface area contributed by atoms with Crippen LogP contribution in [0.25, 0.3) is 0 Å². The summed E-state index contributed by atoms with van der Waals surface area (Å²) in [6.07, 6.45) is 15.9. The molecule has 0 radical (unpaired) electrons. The normalized spacial score (nSPS) is 23.7. The molecule has 0 aliphatic heterocycles. The fourth-order valence-electron chi connectivity index (χ4n) is 10.1. The Balaban J connectivity index is 1.98. The van der Waals surface area contributed by atoms with Crippen LogP contribution < -0.4 is 16.0 Å². The standard InChI is InChI=1S/C57H104N4O16/c1-3-5-7-9-11-13-15-17-19-21-23-25-37-76-50(68)32-29-43(53(71)77-38-26-24-22-20-18-16-14-12-10-8-6-4-2)60-48(66)30-31-49(67)61(35-27-33-58-54(72)56(74)39-44(62)51(69)45(63)40-56)36-28-34-59-55(73)57(75)41-46(64)52(70)47(65)42-57/h43-47,51-52,62-65,69-70,74-75H,3-42H2,1-2H3,(H,58,72)(H,59,73)(H,60,66)/t43-,44+,45+,46+,47+,51?,52?,56?,57?/m0/s1. The summed E-state index contributed by atoms with van der Waals surface area (Å²) in [5.74, 6) is -4.11. The third kappa shape index (κ3) is 29.5. The van der Waals surface area contributed by atoms with Gasteiger partial charge in [-0.3, -0.25) is 24.0 Å². The number of carbonyl (C=O) groups excluding carboxylic acids is 6. The van der Waals surface area contributed by atoms with Crippen molar-refractivity contribution in [1.82, 2.24) is 20.9 Å². The number of hydrogen-bond donors (Lipinski definition) is 11. The van der Waals surface area contributed by atoms with E-state index in [1.54, 1.807) is 0 Å². The molecule has 0 bridgehead atoms. The molecule has 2 fully saturated rings. The number of unbranched alkanes of at least 4 members (excludes halogenated alkanes) is 22. The zero-order chi connectivity index (χ0) is 56.9. The van der Waals surface area contributed by atoms with Crippen molar-refractivity contribution in [2.45, 2.75) is 286 Å². The Morgan fingerprint density at radius 1 is 0.481 bits per heavy atom. The lowest BCUT2D eigenvalue weighted by atomic mass is 9.79. The van der Waals surface area contributed by atoms with E-state index in [9.17, 15) is 69.6 Å². The van der Waals surface area contributed by atoms with E-state index in [1.165, 1.54) is 108 Å². The fraction of sp³-hybridized carbons (Fsp3) is 0.895. The Bertz CT molecular complexity index is 1580. The van der Waals surface area contributed by atoms with E-state index in [0.29, 0.717) is 6.42 Å². The quantitative estimate of drug-likeness (QED) is 0.0294. The molecule has 0 unspecified atom stereocenters. The van der Waals surface area contributed by atoms with Gasteiger partial charge in [0.05, 0.1) is 37.6 Å². The summed E-state index contributed by atoms with van der Waals surface area (Å²) in [5, 5.41) is 89.5. The molecule has 2 aliphatic rings. The molecule has 0 aromatic heterocycles. The molecular formula is C57H104N4O16. The van der Waals surface area contributed by atoms with Crippen LogP contribution in [0.5, 0.6) is 0 Å². The monoisotopic (exact) mass is 1100 g/mol. The molecule has 0 heterocycles. The molecule has 77 heavy (non-hydrogen) atoms. The van der Waals surface area contributed by atoms with Crippen molar-refractivity contribution in [2.24, 2.45) is 0 Å².